The number of benzene rings is 1. The Morgan fingerprint density at radius 3 is 2.62 bits per heavy atom. The van der Waals surface area contributed by atoms with E-state index < -0.39 is 17.3 Å². The van der Waals surface area contributed by atoms with Crippen molar-refractivity contribution in [3.05, 3.63) is 35.9 Å². The molecule has 0 radical (unpaired) electrons. The number of hydrogen-bond donors (Lipinski definition) is 2. The molecule has 0 saturated heterocycles. The molecule has 16 heavy (non-hydrogen) atoms. The van der Waals surface area contributed by atoms with Gasteiger partial charge in [0.05, 0.1) is 5.75 Å². The first kappa shape index (κ1) is 13.3. The van der Waals surface area contributed by atoms with E-state index in [2.05, 4.69) is 5.32 Å². The van der Waals surface area contributed by atoms with Crippen LogP contribution in [0.3, 0.4) is 0 Å². The van der Waals surface area contributed by atoms with E-state index in [1.54, 1.807) is 0 Å². The molecule has 1 aromatic carbocycles. The largest absolute Gasteiger partial charge is 0.307 e. The lowest BCUT2D eigenvalue weighted by atomic mass is 10.1. The van der Waals surface area contributed by atoms with Gasteiger partial charge >= 0.3 is 0 Å². The minimum atomic E-state index is -2.07. The molecule has 0 aliphatic heterocycles. The molecule has 0 aromatic heterocycles. The molecule has 0 aliphatic rings. The normalized spacial score (nSPS) is 16.7. The monoisotopic (exact) mass is 245 g/mol. The van der Waals surface area contributed by atoms with Crippen molar-refractivity contribution in [2.75, 3.05) is 12.3 Å². The third kappa shape index (κ3) is 4.83. The predicted molar refractivity (Wildman–Crippen MR) is 63.4 cm³/mol. The summed E-state index contributed by atoms with van der Waals surface area (Å²) < 4.78 is 32.0. The minimum absolute atomic E-state index is 0.0339. The zero-order valence-corrected chi connectivity index (χ0v) is 9.91. The van der Waals surface area contributed by atoms with Crippen molar-refractivity contribution in [1.29, 1.82) is 0 Å². The van der Waals surface area contributed by atoms with E-state index in [9.17, 15) is 8.60 Å². The molecule has 90 valence electrons. The van der Waals surface area contributed by atoms with Crippen LogP contribution in [0.25, 0.3) is 0 Å². The van der Waals surface area contributed by atoms with E-state index in [1.165, 1.54) is 0 Å². The summed E-state index contributed by atoms with van der Waals surface area (Å²) in [5.74, 6) is -0.339. The van der Waals surface area contributed by atoms with E-state index in [4.69, 9.17) is 4.55 Å². The van der Waals surface area contributed by atoms with Gasteiger partial charge in [-0.05, 0) is 12.5 Å². The van der Waals surface area contributed by atoms with Crippen LogP contribution >= 0.6 is 0 Å². The second-order valence-electron chi connectivity index (χ2n) is 3.63. The highest BCUT2D eigenvalue weighted by atomic mass is 32.2. The van der Waals surface area contributed by atoms with Crippen LogP contribution in [0.4, 0.5) is 4.39 Å². The number of nitrogens with one attached hydrogen (secondary N) is 1. The number of halogens is 1. The lowest BCUT2D eigenvalue weighted by Crippen LogP contribution is -2.29. The molecule has 0 heterocycles. The van der Waals surface area contributed by atoms with Crippen LogP contribution < -0.4 is 5.32 Å². The maximum absolute atomic E-state index is 13.1. The van der Waals surface area contributed by atoms with Crippen LogP contribution in [0.2, 0.25) is 0 Å². The number of hydrogen-bond acceptors (Lipinski definition) is 2. The molecule has 3 unspecified atom stereocenters. The molecule has 0 amide bonds. The van der Waals surface area contributed by atoms with Crippen LogP contribution in [-0.2, 0) is 11.1 Å². The Morgan fingerprint density at radius 1 is 1.44 bits per heavy atom. The standard InChI is InChI=1S/C11H16FNO2S/c1-9(10-5-3-2-4-6-10)13-7-11(12)8-16(14)15/h2-6,9,11,13H,7-8H2,1H3,(H,14,15). The van der Waals surface area contributed by atoms with Gasteiger partial charge in [0.25, 0.3) is 0 Å². The summed E-state index contributed by atoms with van der Waals surface area (Å²) in [5, 5.41) is 2.98. The summed E-state index contributed by atoms with van der Waals surface area (Å²) in [6.45, 7) is 2.01. The fourth-order valence-corrected chi connectivity index (χ4v) is 1.81. The van der Waals surface area contributed by atoms with Crippen molar-refractivity contribution in [3.8, 4) is 0 Å². The fourth-order valence-electron chi connectivity index (χ4n) is 1.38. The van der Waals surface area contributed by atoms with Gasteiger partial charge in [0.15, 0.2) is 11.1 Å². The smallest absolute Gasteiger partial charge is 0.155 e. The molecule has 2 N–H and O–H groups in total. The van der Waals surface area contributed by atoms with Gasteiger partial charge in [-0.25, -0.2) is 8.60 Å². The maximum Gasteiger partial charge on any atom is 0.155 e. The lowest BCUT2D eigenvalue weighted by molar-refractivity contribution is 0.333. The zero-order chi connectivity index (χ0) is 12.0. The fraction of sp³-hybridized carbons (Fsp3) is 0.455. The van der Waals surface area contributed by atoms with Crippen molar-refractivity contribution in [2.24, 2.45) is 0 Å². The second kappa shape index (κ2) is 6.73. The summed E-state index contributed by atoms with van der Waals surface area (Å²) in [5.41, 5.74) is 1.07. The van der Waals surface area contributed by atoms with Gasteiger partial charge in [-0.3, -0.25) is 0 Å². The van der Waals surface area contributed by atoms with Gasteiger partial charge in [-0.15, -0.1) is 0 Å². The van der Waals surface area contributed by atoms with Crippen molar-refractivity contribution in [3.63, 3.8) is 0 Å². The molecule has 0 aliphatic carbocycles. The number of rotatable bonds is 6. The van der Waals surface area contributed by atoms with Crippen LogP contribution in [0.1, 0.15) is 18.5 Å². The van der Waals surface area contributed by atoms with Gasteiger partial charge in [0.2, 0.25) is 0 Å². The molecular weight excluding hydrogens is 229 g/mol. The second-order valence-corrected chi connectivity index (χ2v) is 4.60. The molecule has 3 nitrogen and oxygen atoms in total. The molecule has 0 fully saturated rings. The molecular formula is C11H16FNO2S. The summed E-state index contributed by atoms with van der Waals surface area (Å²) in [6.07, 6.45) is -1.29. The third-order valence-corrected chi connectivity index (χ3v) is 2.92. The highest BCUT2D eigenvalue weighted by Gasteiger charge is 2.12. The quantitative estimate of drug-likeness (QED) is 0.753. The highest BCUT2D eigenvalue weighted by molar-refractivity contribution is 7.79. The summed E-state index contributed by atoms with van der Waals surface area (Å²) >= 11 is -2.07. The molecule has 1 rings (SSSR count). The third-order valence-electron chi connectivity index (χ3n) is 2.27. The number of alkyl halides is 1. The minimum Gasteiger partial charge on any atom is -0.307 e. The maximum atomic E-state index is 13.1. The molecule has 1 aromatic rings. The van der Waals surface area contributed by atoms with E-state index in [0.29, 0.717) is 0 Å². The molecule has 0 saturated carbocycles. The van der Waals surface area contributed by atoms with Crippen molar-refractivity contribution < 1.29 is 13.2 Å². The first-order chi connectivity index (χ1) is 7.59. The topological polar surface area (TPSA) is 49.3 Å². The SMILES string of the molecule is CC(NCC(F)CS(=O)O)c1ccccc1. The Bertz CT molecular complexity index is 334. The van der Waals surface area contributed by atoms with Gasteiger partial charge in [0.1, 0.15) is 6.17 Å². The van der Waals surface area contributed by atoms with E-state index in [1.807, 2.05) is 37.3 Å². The summed E-state index contributed by atoms with van der Waals surface area (Å²) in [4.78, 5) is 0. The van der Waals surface area contributed by atoms with E-state index >= 15 is 0 Å². The Kier molecular flexibility index (Phi) is 5.59. The van der Waals surface area contributed by atoms with Crippen LogP contribution in [0.5, 0.6) is 0 Å². The van der Waals surface area contributed by atoms with Crippen LogP contribution in [-0.4, -0.2) is 27.2 Å². The Hall–Kier alpha value is -0.780. The predicted octanol–water partition coefficient (Wildman–Crippen LogP) is 1.90. The average Bonchev–Trinajstić information content (AvgIpc) is 2.26. The molecule has 5 heteroatoms. The molecule has 0 spiro atoms. The van der Waals surface area contributed by atoms with Crippen LogP contribution in [0, 0.1) is 0 Å². The van der Waals surface area contributed by atoms with Crippen molar-refractivity contribution in [1.82, 2.24) is 5.32 Å². The van der Waals surface area contributed by atoms with E-state index in [0.717, 1.165) is 5.56 Å². The van der Waals surface area contributed by atoms with Crippen molar-refractivity contribution in [2.45, 2.75) is 19.1 Å². The molecule has 0 bridgehead atoms. The lowest BCUT2D eigenvalue weighted by Gasteiger charge is -2.15. The van der Waals surface area contributed by atoms with Gasteiger partial charge < -0.3 is 9.87 Å². The summed E-state index contributed by atoms with van der Waals surface area (Å²) in [6, 6.07) is 9.70. The van der Waals surface area contributed by atoms with Crippen LogP contribution in [0.15, 0.2) is 30.3 Å². The highest BCUT2D eigenvalue weighted by Crippen LogP contribution is 2.11. The molecule has 3 atom stereocenters. The first-order valence-electron chi connectivity index (χ1n) is 5.09. The zero-order valence-electron chi connectivity index (χ0n) is 9.10. The van der Waals surface area contributed by atoms with Gasteiger partial charge in [-0.2, -0.15) is 0 Å². The summed E-state index contributed by atoms with van der Waals surface area (Å²) in [7, 11) is 0. The Morgan fingerprint density at radius 2 is 2.06 bits per heavy atom. The van der Waals surface area contributed by atoms with Crippen molar-refractivity contribution >= 4 is 11.1 Å². The van der Waals surface area contributed by atoms with Gasteiger partial charge in [0, 0.05) is 12.6 Å². The Labute approximate surface area is 97.3 Å². The first-order valence-corrected chi connectivity index (χ1v) is 6.37. The van der Waals surface area contributed by atoms with E-state index in [-0.39, 0.29) is 18.3 Å². The van der Waals surface area contributed by atoms with Gasteiger partial charge in [-0.1, -0.05) is 30.3 Å². The Balaban J connectivity index is 2.35. The average molecular weight is 245 g/mol.